The van der Waals surface area contributed by atoms with Crippen LogP contribution in [0.3, 0.4) is 0 Å². The van der Waals surface area contributed by atoms with Crippen molar-refractivity contribution in [1.29, 1.82) is 0 Å². The summed E-state index contributed by atoms with van der Waals surface area (Å²) in [6.45, 7) is 4.74. The van der Waals surface area contributed by atoms with Crippen molar-refractivity contribution in [2.75, 3.05) is 51.4 Å². The summed E-state index contributed by atoms with van der Waals surface area (Å²) in [4.78, 5) is 28.5. The molecule has 8 heteroatoms. The van der Waals surface area contributed by atoms with E-state index in [0.29, 0.717) is 37.8 Å². The predicted octanol–water partition coefficient (Wildman–Crippen LogP) is 2.64. The molecule has 8 nitrogen and oxygen atoms in total. The number of hydrogen-bond donors (Lipinski definition) is 2. The molecule has 0 aromatic heterocycles. The maximum Gasteiger partial charge on any atom is 0.321 e. The van der Waals surface area contributed by atoms with Gasteiger partial charge in [0, 0.05) is 56.7 Å². The van der Waals surface area contributed by atoms with Crippen LogP contribution in [0.4, 0.5) is 10.5 Å². The number of hydrogen-bond acceptors (Lipinski definition) is 5. The van der Waals surface area contributed by atoms with Gasteiger partial charge in [0.05, 0.1) is 0 Å². The number of benzene rings is 2. The Labute approximate surface area is 194 Å². The molecular weight excluding hydrogens is 420 g/mol. The first-order valence-electron chi connectivity index (χ1n) is 11.5. The molecule has 0 spiro atoms. The lowest BCUT2D eigenvalue weighted by Crippen LogP contribution is -2.38. The minimum Gasteiger partial charge on any atom is -0.492 e. The summed E-state index contributed by atoms with van der Waals surface area (Å²) >= 11 is 0. The van der Waals surface area contributed by atoms with Gasteiger partial charge in [0.2, 0.25) is 0 Å². The second-order valence-corrected chi connectivity index (χ2v) is 8.44. The number of carbonyl (C=O) groups excluding carboxylic acids is 2. The Kier molecular flexibility index (Phi) is 7.80. The monoisotopic (exact) mass is 452 g/mol. The van der Waals surface area contributed by atoms with E-state index >= 15 is 0 Å². The first-order chi connectivity index (χ1) is 16.1. The first kappa shape index (κ1) is 23.1. The van der Waals surface area contributed by atoms with E-state index in [4.69, 9.17) is 9.47 Å². The lowest BCUT2D eigenvalue weighted by Gasteiger charge is -2.31. The molecular formula is C25H32N4O4. The van der Waals surface area contributed by atoms with Gasteiger partial charge in [0.1, 0.15) is 12.4 Å². The van der Waals surface area contributed by atoms with E-state index in [1.54, 1.807) is 23.1 Å². The van der Waals surface area contributed by atoms with Gasteiger partial charge >= 0.3 is 6.03 Å². The average Bonchev–Trinajstić information content (AvgIpc) is 3.29. The van der Waals surface area contributed by atoms with E-state index in [-0.39, 0.29) is 11.9 Å². The van der Waals surface area contributed by atoms with Gasteiger partial charge in [0.25, 0.3) is 5.91 Å². The number of likely N-dealkylation sites (N-methyl/N-ethyl adjacent to an activating group) is 1. The van der Waals surface area contributed by atoms with Gasteiger partial charge in [-0.2, -0.15) is 0 Å². The third kappa shape index (κ3) is 6.24. The molecule has 0 aliphatic carbocycles. The minimum atomic E-state index is -0.180. The third-order valence-corrected chi connectivity index (χ3v) is 6.16. The number of nitrogens with one attached hydrogen (secondary N) is 2. The number of anilines is 1. The van der Waals surface area contributed by atoms with Crippen LogP contribution in [-0.4, -0.2) is 69.4 Å². The van der Waals surface area contributed by atoms with Crippen molar-refractivity contribution < 1.29 is 19.1 Å². The molecule has 3 amide bonds. The van der Waals surface area contributed by atoms with Gasteiger partial charge in [-0.3, -0.25) is 14.6 Å². The Bertz CT molecular complexity index is 961. The van der Waals surface area contributed by atoms with Gasteiger partial charge in [-0.05, 0) is 55.8 Å². The van der Waals surface area contributed by atoms with Crippen molar-refractivity contribution in [1.82, 2.24) is 15.5 Å². The zero-order valence-electron chi connectivity index (χ0n) is 19.1. The summed E-state index contributed by atoms with van der Waals surface area (Å²) in [5.74, 6) is 0.616. The fraction of sp³-hybridized carbons (Fsp3) is 0.440. The van der Waals surface area contributed by atoms with Gasteiger partial charge < -0.3 is 20.1 Å². The highest BCUT2D eigenvalue weighted by Crippen LogP contribution is 2.19. The van der Waals surface area contributed by atoms with E-state index in [0.717, 1.165) is 49.6 Å². The van der Waals surface area contributed by atoms with Crippen LogP contribution >= 0.6 is 0 Å². The Morgan fingerprint density at radius 3 is 2.82 bits per heavy atom. The van der Waals surface area contributed by atoms with Crippen LogP contribution in [0.2, 0.25) is 0 Å². The van der Waals surface area contributed by atoms with Crippen molar-refractivity contribution in [3.63, 3.8) is 0 Å². The third-order valence-electron chi connectivity index (χ3n) is 6.16. The average molecular weight is 453 g/mol. The summed E-state index contributed by atoms with van der Waals surface area (Å²) in [5.41, 5.74) is 2.21. The number of nitrogens with zero attached hydrogens (tertiary/aromatic N) is 2. The molecule has 2 aliphatic rings. The summed E-state index contributed by atoms with van der Waals surface area (Å²) in [5, 5.41) is 5.73. The molecule has 0 bridgehead atoms. The number of amides is 3. The molecule has 176 valence electrons. The Morgan fingerprint density at radius 2 is 2.03 bits per heavy atom. The van der Waals surface area contributed by atoms with Gasteiger partial charge in [-0.1, -0.05) is 18.2 Å². The summed E-state index contributed by atoms with van der Waals surface area (Å²) in [6, 6.07) is 15.3. The van der Waals surface area contributed by atoms with E-state index in [2.05, 4.69) is 22.6 Å². The highest BCUT2D eigenvalue weighted by Gasteiger charge is 2.22. The number of ether oxygens (including phenoxy) is 2. The van der Waals surface area contributed by atoms with Crippen molar-refractivity contribution in [2.24, 2.45) is 0 Å². The quantitative estimate of drug-likeness (QED) is 0.611. The van der Waals surface area contributed by atoms with Crippen LogP contribution in [0.5, 0.6) is 5.75 Å². The number of rotatable bonds is 9. The van der Waals surface area contributed by atoms with E-state index < -0.39 is 0 Å². The lowest BCUT2D eigenvalue weighted by molar-refractivity contribution is 0.0392. The molecule has 2 N–H and O–H groups in total. The predicted molar refractivity (Wildman–Crippen MR) is 127 cm³/mol. The minimum absolute atomic E-state index is 0.136. The maximum absolute atomic E-state index is 12.7. The van der Waals surface area contributed by atoms with Crippen LogP contribution in [0.1, 0.15) is 28.8 Å². The zero-order valence-corrected chi connectivity index (χ0v) is 19.1. The van der Waals surface area contributed by atoms with Gasteiger partial charge in [-0.25, -0.2) is 4.79 Å². The van der Waals surface area contributed by atoms with Gasteiger partial charge in [-0.15, -0.1) is 0 Å². The highest BCUT2D eigenvalue weighted by molar-refractivity contribution is 5.98. The second kappa shape index (κ2) is 11.2. The Balaban J connectivity index is 1.26. The van der Waals surface area contributed by atoms with Crippen molar-refractivity contribution in [3.8, 4) is 5.75 Å². The Morgan fingerprint density at radius 1 is 1.21 bits per heavy atom. The van der Waals surface area contributed by atoms with Crippen LogP contribution < -0.4 is 20.3 Å². The first-order valence-corrected chi connectivity index (χ1v) is 11.5. The molecule has 0 radical (unpaired) electrons. The summed E-state index contributed by atoms with van der Waals surface area (Å²) in [6.07, 6.45) is 2.14. The van der Waals surface area contributed by atoms with E-state index in [9.17, 15) is 9.59 Å². The fourth-order valence-corrected chi connectivity index (χ4v) is 4.18. The Hall–Kier alpha value is -3.10. The smallest absolute Gasteiger partial charge is 0.321 e. The maximum atomic E-state index is 12.7. The largest absolute Gasteiger partial charge is 0.492 e. The molecule has 33 heavy (non-hydrogen) atoms. The molecule has 0 unspecified atom stereocenters. The topological polar surface area (TPSA) is 83.1 Å². The molecule has 0 atom stereocenters. The van der Waals surface area contributed by atoms with Crippen molar-refractivity contribution in [2.45, 2.75) is 25.4 Å². The van der Waals surface area contributed by atoms with Crippen LogP contribution in [0.15, 0.2) is 48.5 Å². The fourth-order valence-electron chi connectivity index (χ4n) is 4.18. The molecule has 2 saturated heterocycles. The van der Waals surface area contributed by atoms with E-state index in [1.165, 1.54) is 0 Å². The number of urea groups is 1. The molecule has 4 rings (SSSR count). The second-order valence-electron chi connectivity index (χ2n) is 8.44. The van der Waals surface area contributed by atoms with Crippen LogP contribution in [-0.2, 0) is 11.3 Å². The zero-order chi connectivity index (χ0) is 23.0. The van der Waals surface area contributed by atoms with Crippen LogP contribution in [0, 0.1) is 0 Å². The molecule has 2 heterocycles. The van der Waals surface area contributed by atoms with Crippen molar-refractivity contribution in [3.05, 3.63) is 59.7 Å². The normalized spacial score (nSPS) is 16.7. The molecule has 2 aromatic carbocycles. The molecule has 2 aliphatic heterocycles. The molecule has 0 saturated carbocycles. The van der Waals surface area contributed by atoms with E-state index in [1.807, 2.05) is 30.3 Å². The number of carbonyl (C=O) groups is 2. The van der Waals surface area contributed by atoms with Gasteiger partial charge in [0.15, 0.2) is 0 Å². The highest BCUT2D eigenvalue weighted by atomic mass is 16.5. The lowest BCUT2D eigenvalue weighted by atomic mass is 10.1. The standard InChI is InChI=1S/C25H32N4O4/c1-28(21-8-13-32-14-9-21)12-15-33-23-7-2-4-19(16-23)18-27-24(30)20-5-3-6-22(17-20)29-11-10-26-25(29)31/h2-7,16-17,21H,8-15,18H2,1H3,(H,26,31)(H,27,30). The van der Waals surface area contributed by atoms with Crippen LogP contribution in [0.25, 0.3) is 0 Å². The van der Waals surface area contributed by atoms with Crippen molar-refractivity contribution >= 4 is 17.6 Å². The summed E-state index contributed by atoms with van der Waals surface area (Å²) < 4.78 is 11.4. The summed E-state index contributed by atoms with van der Waals surface area (Å²) in [7, 11) is 2.14. The molecule has 2 fully saturated rings. The molecule has 2 aromatic rings. The SMILES string of the molecule is CN(CCOc1cccc(CNC(=O)c2cccc(N3CCNC3=O)c2)c1)C1CCOCC1.